The Bertz CT molecular complexity index is 354. The van der Waals surface area contributed by atoms with E-state index in [0.29, 0.717) is 20.7 Å². The zero-order chi connectivity index (χ0) is 10.0. The van der Waals surface area contributed by atoms with Crippen molar-refractivity contribution in [3.63, 3.8) is 0 Å². The van der Waals surface area contributed by atoms with E-state index in [9.17, 15) is 4.79 Å². The van der Waals surface area contributed by atoms with E-state index in [1.807, 2.05) is 0 Å². The fourth-order valence-corrected chi connectivity index (χ4v) is 1.49. The molecule has 0 radical (unpaired) electrons. The van der Waals surface area contributed by atoms with Gasteiger partial charge in [-0.05, 0) is 28.1 Å². The number of halogens is 2. The number of esters is 1. The van der Waals surface area contributed by atoms with Gasteiger partial charge in [-0.25, -0.2) is 4.79 Å². The molecule has 1 rings (SSSR count). The second-order valence-corrected chi connectivity index (χ2v) is 3.58. The van der Waals surface area contributed by atoms with Crippen LogP contribution >= 0.6 is 27.5 Å². The first-order valence-corrected chi connectivity index (χ1v) is 4.56. The summed E-state index contributed by atoms with van der Waals surface area (Å²) in [5.74, 6) is -0.471. The Balaban J connectivity index is 3.28. The average Bonchev–Trinajstić information content (AvgIpc) is 2.10. The summed E-state index contributed by atoms with van der Waals surface area (Å²) in [5.41, 5.74) is 6.31. The van der Waals surface area contributed by atoms with Gasteiger partial charge in [0.05, 0.1) is 17.1 Å². The van der Waals surface area contributed by atoms with Gasteiger partial charge in [0, 0.05) is 10.7 Å². The standard InChI is InChI=1S/C8H7BrClNO2/c1-13-8(12)5-2-4(10)3-6(11)7(5)9/h2-3H,11H2,1H3. The van der Waals surface area contributed by atoms with Crippen molar-refractivity contribution >= 4 is 39.2 Å². The SMILES string of the molecule is COC(=O)c1cc(Cl)cc(N)c1Br. The Labute approximate surface area is 88.9 Å². The fraction of sp³-hybridized carbons (Fsp3) is 0.125. The van der Waals surface area contributed by atoms with Crippen molar-refractivity contribution in [1.29, 1.82) is 0 Å². The predicted molar refractivity (Wildman–Crippen MR) is 54.9 cm³/mol. The molecule has 0 saturated heterocycles. The molecular weight excluding hydrogens is 257 g/mol. The highest BCUT2D eigenvalue weighted by atomic mass is 79.9. The number of anilines is 1. The fourth-order valence-electron chi connectivity index (χ4n) is 0.869. The van der Waals surface area contributed by atoms with Crippen LogP contribution in [0.1, 0.15) is 10.4 Å². The van der Waals surface area contributed by atoms with Gasteiger partial charge in [-0.3, -0.25) is 0 Å². The van der Waals surface area contributed by atoms with Crippen LogP contribution in [0.15, 0.2) is 16.6 Å². The van der Waals surface area contributed by atoms with Gasteiger partial charge in [0.2, 0.25) is 0 Å². The van der Waals surface area contributed by atoms with Crippen molar-refractivity contribution < 1.29 is 9.53 Å². The topological polar surface area (TPSA) is 52.3 Å². The number of rotatable bonds is 1. The lowest BCUT2D eigenvalue weighted by Crippen LogP contribution is -2.04. The van der Waals surface area contributed by atoms with Crippen molar-refractivity contribution in [1.82, 2.24) is 0 Å². The molecule has 0 heterocycles. The Morgan fingerprint density at radius 1 is 1.62 bits per heavy atom. The summed E-state index contributed by atoms with van der Waals surface area (Å²) in [6.45, 7) is 0. The van der Waals surface area contributed by atoms with Crippen LogP contribution in [0.4, 0.5) is 5.69 Å². The molecule has 13 heavy (non-hydrogen) atoms. The monoisotopic (exact) mass is 263 g/mol. The highest BCUT2D eigenvalue weighted by Gasteiger charge is 2.13. The zero-order valence-electron chi connectivity index (χ0n) is 6.80. The minimum absolute atomic E-state index is 0.326. The van der Waals surface area contributed by atoms with Crippen LogP contribution < -0.4 is 5.73 Å². The Morgan fingerprint density at radius 3 is 2.77 bits per heavy atom. The molecular formula is C8H7BrClNO2. The maximum atomic E-state index is 11.2. The van der Waals surface area contributed by atoms with Gasteiger partial charge >= 0.3 is 5.97 Å². The maximum absolute atomic E-state index is 11.2. The highest BCUT2D eigenvalue weighted by Crippen LogP contribution is 2.28. The summed E-state index contributed by atoms with van der Waals surface area (Å²) >= 11 is 8.89. The van der Waals surface area contributed by atoms with Gasteiger partial charge in [0.25, 0.3) is 0 Å². The van der Waals surface area contributed by atoms with E-state index in [4.69, 9.17) is 17.3 Å². The summed E-state index contributed by atoms with van der Waals surface area (Å²) in [6.07, 6.45) is 0. The van der Waals surface area contributed by atoms with E-state index in [1.54, 1.807) is 6.07 Å². The second-order valence-electron chi connectivity index (χ2n) is 2.35. The Morgan fingerprint density at radius 2 is 2.23 bits per heavy atom. The molecule has 0 amide bonds. The van der Waals surface area contributed by atoms with Crippen LogP contribution in [0, 0.1) is 0 Å². The quantitative estimate of drug-likeness (QED) is 0.626. The third-order valence-corrected chi connectivity index (χ3v) is 2.57. The smallest absolute Gasteiger partial charge is 0.339 e. The molecule has 0 aliphatic rings. The lowest BCUT2D eigenvalue weighted by atomic mass is 10.2. The number of hydrogen-bond acceptors (Lipinski definition) is 3. The summed E-state index contributed by atoms with van der Waals surface area (Å²) in [5, 5.41) is 0.404. The Kier molecular flexibility index (Phi) is 3.17. The first-order valence-electron chi connectivity index (χ1n) is 3.39. The van der Waals surface area contributed by atoms with E-state index in [0.717, 1.165) is 0 Å². The third kappa shape index (κ3) is 2.14. The van der Waals surface area contributed by atoms with Crippen molar-refractivity contribution in [3.05, 3.63) is 27.2 Å². The molecule has 70 valence electrons. The van der Waals surface area contributed by atoms with Crippen LogP contribution in [0.3, 0.4) is 0 Å². The van der Waals surface area contributed by atoms with E-state index in [1.165, 1.54) is 13.2 Å². The van der Waals surface area contributed by atoms with Crippen molar-refractivity contribution in [2.75, 3.05) is 12.8 Å². The van der Waals surface area contributed by atoms with E-state index in [-0.39, 0.29) is 0 Å². The number of nitrogens with two attached hydrogens (primary N) is 1. The Hall–Kier alpha value is -0.740. The molecule has 0 saturated carbocycles. The van der Waals surface area contributed by atoms with Crippen LogP contribution in [-0.2, 0) is 4.74 Å². The molecule has 3 nitrogen and oxygen atoms in total. The zero-order valence-corrected chi connectivity index (χ0v) is 9.15. The average molecular weight is 265 g/mol. The lowest BCUT2D eigenvalue weighted by molar-refractivity contribution is 0.0600. The first-order chi connectivity index (χ1) is 6.06. The van der Waals surface area contributed by atoms with Gasteiger partial charge in [-0.15, -0.1) is 0 Å². The second kappa shape index (κ2) is 3.98. The minimum atomic E-state index is -0.471. The molecule has 1 aromatic carbocycles. The molecule has 1 aromatic rings. The van der Waals surface area contributed by atoms with Gasteiger partial charge in [-0.1, -0.05) is 11.6 Å². The largest absolute Gasteiger partial charge is 0.465 e. The van der Waals surface area contributed by atoms with E-state index in [2.05, 4.69) is 20.7 Å². The molecule has 0 unspecified atom stereocenters. The highest BCUT2D eigenvalue weighted by molar-refractivity contribution is 9.10. The molecule has 0 atom stereocenters. The van der Waals surface area contributed by atoms with Crippen LogP contribution in [0.5, 0.6) is 0 Å². The van der Waals surface area contributed by atoms with Crippen LogP contribution in [-0.4, -0.2) is 13.1 Å². The number of carbonyl (C=O) groups is 1. The number of hydrogen-bond donors (Lipinski definition) is 1. The summed E-state index contributed by atoms with van der Waals surface area (Å²) in [7, 11) is 1.30. The maximum Gasteiger partial charge on any atom is 0.339 e. The van der Waals surface area contributed by atoms with Crippen molar-refractivity contribution in [2.24, 2.45) is 0 Å². The molecule has 5 heteroatoms. The van der Waals surface area contributed by atoms with Gasteiger partial charge in [0.1, 0.15) is 0 Å². The van der Waals surface area contributed by atoms with E-state index >= 15 is 0 Å². The van der Waals surface area contributed by atoms with Gasteiger partial charge in [-0.2, -0.15) is 0 Å². The van der Waals surface area contributed by atoms with Gasteiger partial charge in [0.15, 0.2) is 0 Å². The number of ether oxygens (including phenoxy) is 1. The van der Waals surface area contributed by atoms with E-state index < -0.39 is 5.97 Å². The molecule has 2 N–H and O–H groups in total. The van der Waals surface area contributed by atoms with Crippen molar-refractivity contribution in [3.8, 4) is 0 Å². The third-order valence-electron chi connectivity index (χ3n) is 1.47. The summed E-state index contributed by atoms with van der Waals surface area (Å²) in [4.78, 5) is 11.2. The molecule has 0 bridgehead atoms. The molecule has 0 spiro atoms. The number of benzene rings is 1. The first kappa shape index (κ1) is 10.3. The molecule has 0 aliphatic carbocycles. The number of carbonyl (C=O) groups excluding carboxylic acids is 1. The molecule has 0 fully saturated rings. The van der Waals surface area contributed by atoms with Crippen molar-refractivity contribution in [2.45, 2.75) is 0 Å². The van der Waals surface area contributed by atoms with Crippen LogP contribution in [0.2, 0.25) is 5.02 Å². The van der Waals surface area contributed by atoms with Crippen LogP contribution in [0.25, 0.3) is 0 Å². The molecule has 0 aliphatic heterocycles. The summed E-state index contributed by atoms with van der Waals surface area (Å²) in [6, 6.07) is 3.05. The molecule has 0 aromatic heterocycles. The number of methoxy groups -OCH3 is 1. The number of nitrogen functional groups attached to an aromatic ring is 1. The lowest BCUT2D eigenvalue weighted by Gasteiger charge is -2.05. The predicted octanol–water partition coefficient (Wildman–Crippen LogP) is 2.47. The minimum Gasteiger partial charge on any atom is -0.465 e. The normalized spacial score (nSPS) is 9.77. The summed E-state index contributed by atoms with van der Waals surface area (Å²) < 4.78 is 5.05. The van der Waals surface area contributed by atoms with Gasteiger partial charge < -0.3 is 10.5 Å².